The van der Waals surface area contributed by atoms with Gasteiger partial charge in [-0.25, -0.2) is 0 Å². The van der Waals surface area contributed by atoms with Crippen LogP contribution in [0.5, 0.6) is 0 Å². The molecule has 0 heterocycles. The van der Waals surface area contributed by atoms with Gasteiger partial charge in [-0.05, 0) is 19.3 Å². The van der Waals surface area contributed by atoms with Crippen LogP contribution in [-0.4, -0.2) is 31.2 Å². The molecule has 0 fully saturated rings. The van der Waals surface area contributed by atoms with Crippen molar-refractivity contribution in [1.29, 1.82) is 0 Å². The third-order valence-corrected chi connectivity index (χ3v) is 2.80. The van der Waals surface area contributed by atoms with Crippen molar-refractivity contribution in [3.63, 3.8) is 0 Å². The maximum absolute atomic E-state index is 11.8. The van der Waals surface area contributed by atoms with Crippen LogP contribution in [0.1, 0.15) is 40.5 Å². The van der Waals surface area contributed by atoms with E-state index < -0.39 is 5.54 Å². The zero-order valence-electron chi connectivity index (χ0n) is 11.6. The largest absolute Gasteiger partial charge is 0.379 e. The summed E-state index contributed by atoms with van der Waals surface area (Å²) < 4.78 is 5.28. The summed E-state index contributed by atoms with van der Waals surface area (Å²) in [5, 5.41) is 2.85. The van der Waals surface area contributed by atoms with Gasteiger partial charge in [0.05, 0.1) is 11.6 Å². The number of hydrogen-bond donors (Lipinski definition) is 2. The molecule has 0 aromatic heterocycles. The summed E-state index contributed by atoms with van der Waals surface area (Å²) in [6, 6.07) is 0. The summed E-state index contributed by atoms with van der Waals surface area (Å²) >= 11 is 0. The molecule has 3 N–H and O–H groups in total. The second-order valence-electron chi connectivity index (χ2n) is 4.90. The quantitative estimate of drug-likeness (QED) is 0.737. The average Bonchev–Trinajstić information content (AvgIpc) is 2.17. The second-order valence-corrected chi connectivity index (χ2v) is 4.90. The molecule has 0 aromatic rings. The van der Waals surface area contributed by atoms with Gasteiger partial charge < -0.3 is 15.8 Å². The molecule has 0 saturated heterocycles. The van der Waals surface area contributed by atoms with E-state index in [1.807, 2.05) is 6.92 Å². The third-order valence-electron chi connectivity index (χ3n) is 2.80. The van der Waals surface area contributed by atoms with Crippen molar-refractivity contribution in [3.05, 3.63) is 0 Å². The zero-order valence-corrected chi connectivity index (χ0v) is 12.4. The fourth-order valence-corrected chi connectivity index (χ4v) is 1.62. The molecule has 0 radical (unpaired) electrons. The second kappa shape index (κ2) is 8.72. The summed E-state index contributed by atoms with van der Waals surface area (Å²) in [7, 11) is 1.66. The number of nitrogens with two attached hydrogens (primary N) is 1. The molecule has 0 spiro atoms. The summed E-state index contributed by atoms with van der Waals surface area (Å²) in [5.74, 6) is 0.276. The molecule has 104 valence electrons. The maximum Gasteiger partial charge on any atom is 0.239 e. The Hall–Kier alpha value is -0.320. The van der Waals surface area contributed by atoms with Gasteiger partial charge in [-0.15, -0.1) is 12.4 Å². The highest BCUT2D eigenvalue weighted by Crippen LogP contribution is 2.09. The Bertz CT molecular complexity index is 221. The molecule has 17 heavy (non-hydrogen) atoms. The van der Waals surface area contributed by atoms with E-state index in [1.165, 1.54) is 0 Å². The minimum absolute atomic E-state index is 0. The number of ether oxygens (including phenoxy) is 1. The summed E-state index contributed by atoms with van der Waals surface area (Å²) in [5.41, 5.74) is 5.15. The smallest absolute Gasteiger partial charge is 0.239 e. The number of methoxy groups -OCH3 is 1. The Morgan fingerprint density at radius 1 is 1.47 bits per heavy atom. The number of nitrogens with one attached hydrogen (secondary N) is 1. The maximum atomic E-state index is 11.8. The number of halogens is 1. The minimum atomic E-state index is -0.774. The van der Waals surface area contributed by atoms with E-state index in [9.17, 15) is 4.79 Å². The van der Waals surface area contributed by atoms with E-state index in [4.69, 9.17) is 10.5 Å². The number of hydrogen-bond acceptors (Lipinski definition) is 3. The van der Waals surface area contributed by atoms with Crippen LogP contribution in [0.25, 0.3) is 0 Å². The summed E-state index contributed by atoms with van der Waals surface area (Å²) in [4.78, 5) is 11.8. The molecule has 0 saturated carbocycles. The molecule has 2 atom stereocenters. The molecule has 4 nitrogen and oxygen atoms in total. The van der Waals surface area contributed by atoms with Gasteiger partial charge in [-0.3, -0.25) is 4.79 Å². The van der Waals surface area contributed by atoms with Gasteiger partial charge in [-0.1, -0.05) is 27.2 Å². The topological polar surface area (TPSA) is 64.4 Å². The van der Waals surface area contributed by atoms with Gasteiger partial charge in [0.2, 0.25) is 5.91 Å². The molecule has 2 unspecified atom stereocenters. The van der Waals surface area contributed by atoms with E-state index in [0.717, 1.165) is 6.42 Å². The molecule has 0 bridgehead atoms. The molecule has 0 rings (SSSR count). The number of carbonyl (C=O) groups is 1. The van der Waals surface area contributed by atoms with E-state index in [1.54, 1.807) is 14.0 Å². The SMILES string of the molecule is CCCC(C)(N)C(=O)NCC(OC)C(C)C.Cl. The normalized spacial score (nSPS) is 15.9. The van der Waals surface area contributed by atoms with E-state index in [-0.39, 0.29) is 24.4 Å². The van der Waals surface area contributed by atoms with Crippen molar-refractivity contribution in [1.82, 2.24) is 5.32 Å². The van der Waals surface area contributed by atoms with Crippen LogP contribution in [0.4, 0.5) is 0 Å². The fraction of sp³-hybridized carbons (Fsp3) is 0.917. The first-order chi connectivity index (χ1) is 7.35. The van der Waals surface area contributed by atoms with Crippen molar-refractivity contribution < 1.29 is 9.53 Å². The number of carbonyl (C=O) groups excluding carboxylic acids is 1. The van der Waals surface area contributed by atoms with Gasteiger partial charge >= 0.3 is 0 Å². The van der Waals surface area contributed by atoms with Crippen LogP contribution in [0.3, 0.4) is 0 Å². The highest BCUT2D eigenvalue weighted by Gasteiger charge is 2.27. The van der Waals surface area contributed by atoms with Gasteiger partial charge in [-0.2, -0.15) is 0 Å². The Balaban J connectivity index is 0. The third kappa shape index (κ3) is 6.86. The van der Waals surface area contributed by atoms with E-state index in [0.29, 0.717) is 18.9 Å². The number of amides is 1. The Morgan fingerprint density at radius 3 is 2.35 bits per heavy atom. The van der Waals surface area contributed by atoms with Crippen molar-refractivity contribution >= 4 is 18.3 Å². The highest BCUT2D eigenvalue weighted by molar-refractivity contribution is 5.85. The van der Waals surface area contributed by atoms with Crippen LogP contribution in [-0.2, 0) is 9.53 Å². The first kappa shape index (κ1) is 19.0. The minimum Gasteiger partial charge on any atom is -0.379 e. The lowest BCUT2D eigenvalue weighted by atomic mass is 9.96. The molecule has 0 aromatic carbocycles. The molecule has 0 aliphatic carbocycles. The average molecular weight is 267 g/mol. The highest BCUT2D eigenvalue weighted by atomic mass is 35.5. The first-order valence-electron chi connectivity index (χ1n) is 5.95. The Morgan fingerprint density at radius 2 is 2.00 bits per heavy atom. The van der Waals surface area contributed by atoms with Crippen molar-refractivity contribution in [2.45, 2.75) is 52.2 Å². The first-order valence-corrected chi connectivity index (χ1v) is 5.95. The van der Waals surface area contributed by atoms with E-state index >= 15 is 0 Å². The van der Waals surface area contributed by atoms with E-state index in [2.05, 4.69) is 19.2 Å². The fourth-order valence-electron chi connectivity index (χ4n) is 1.62. The van der Waals surface area contributed by atoms with Gasteiger partial charge in [0, 0.05) is 13.7 Å². The molecule has 1 amide bonds. The molecular formula is C12H27ClN2O2. The van der Waals surface area contributed by atoms with Gasteiger partial charge in [0.1, 0.15) is 0 Å². The summed E-state index contributed by atoms with van der Waals surface area (Å²) in [6.07, 6.45) is 1.64. The lowest BCUT2D eigenvalue weighted by Gasteiger charge is -2.25. The number of rotatable bonds is 7. The predicted octanol–water partition coefficient (Wildman–Crippen LogP) is 1.71. The molecule has 0 aliphatic rings. The van der Waals surface area contributed by atoms with Crippen LogP contribution < -0.4 is 11.1 Å². The zero-order chi connectivity index (χ0) is 12.8. The van der Waals surface area contributed by atoms with Crippen molar-refractivity contribution in [2.75, 3.05) is 13.7 Å². The lowest BCUT2D eigenvalue weighted by Crippen LogP contribution is -2.53. The van der Waals surface area contributed by atoms with Gasteiger partial charge in [0.25, 0.3) is 0 Å². The monoisotopic (exact) mass is 266 g/mol. The standard InChI is InChI=1S/C12H26N2O2.ClH/c1-6-7-12(4,13)11(15)14-8-10(16-5)9(2)3;/h9-10H,6-8,13H2,1-5H3,(H,14,15);1H. The predicted molar refractivity (Wildman–Crippen MR) is 73.4 cm³/mol. The molecule has 5 heteroatoms. The van der Waals surface area contributed by atoms with Crippen molar-refractivity contribution in [2.24, 2.45) is 11.7 Å². The Kier molecular flexibility index (Phi) is 9.77. The molecular weight excluding hydrogens is 240 g/mol. The van der Waals surface area contributed by atoms with Crippen molar-refractivity contribution in [3.8, 4) is 0 Å². The van der Waals surface area contributed by atoms with Crippen LogP contribution in [0.15, 0.2) is 0 Å². The van der Waals surface area contributed by atoms with Gasteiger partial charge in [0.15, 0.2) is 0 Å². The van der Waals surface area contributed by atoms with Crippen LogP contribution in [0, 0.1) is 5.92 Å². The Labute approximate surface area is 111 Å². The summed E-state index contributed by atoms with van der Waals surface area (Å²) in [6.45, 7) is 8.43. The lowest BCUT2D eigenvalue weighted by molar-refractivity contribution is -0.126. The van der Waals surface area contributed by atoms with Crippen LogP contribution in [0.2, 0.25) is 0 Å². The van der Waals surface area contributed by atoms with Crippen LogP contribution >= 0.6 is 12.4 Å². The molecule has 0 aliphatic heterocycles.